The molecule has 1 heterocycles. The smallest absolute Gasteiger partial charge is 0.357 e. The van der Waals surface area contributed by atoms with Crippen LogP contribution in [0.3, 0.4) is 0 Å². The van der Waals surface area contributed by atoms with Crippen molar-refractivity contribution in [3.05, 3.63) is 52.3 Å². The molecule has 0 radical (unpaired) electrons. The first-order valence-electron chi connectivity index (χ1n) is 9.11. The van der Waals surface area contributed by atoms with Crippen LogP contribution >= 0.6 is 11.6 Å². The van der Waals surface area contributed by atoms with Gasteiger partial charge in [0.05, 0.1) is 6.54 Å². The molecular formula is C19H23ClF3N5. The predicted octanol–water partition coefficient (Wildman–Crippen LogP) is 3.88. The summed E-state index contributed by atoms with van der Waals surface area (Å²) in [6, 6.07) is 7.78. The second-order valence-corrected chi connectivity index (χ2v) is 7.45. The quantitative estimate of drug-likeness (QED) is 0.558. The number of guanidine groups is 1. The first-order valence-corrected chi connectivity index (χ1v) is 9.49. The summed E-state index contributed by atoms with van der Waals surface area (Å²) in [4.78, 5) is 4.33. The molecule has 0 amide bonds. The first-order chi connectivity index (χ1) is 13.2. The molecule has 152 valence electrons. The van der Waals surface area contributed by atoms with E-state index in [0.29, 0.717) is 24.1 Å². The number of benzene rings is 1. The lowest BCUT2D eigenvalue weighted by Crippen LogP contribution is -2.41. The number of nitrogens with zero attached hydrogens (tertiary/aromatic N) is 3. The zero-order valence-electron chi connectivity index (χ0n) is 15.8. The van der Waals surface area contributed by atoms with Crippen LogP contribution in [0.4, 0.5) is 13.2 Å². The van der Waals surface area contributed by atoms with Crippen LogP contribution in [0.25, 0.3) is 0 Å². The third kappa shape index (κ3) is 4.79. The van der Waals surface area contributed by atoms with Crippen molar-refractivity contribution in [1.29, 1.82) is 0 Å². The number of rotatable bonds is 6. The van der Waals surface area contributed by atoms with Gasteiger partial charge in [0.2, 0.25) is 0 Å². The molecule has 0 unspecified atom stereocenters. The third-order valence-electron chi connectivity index (χ3n) is 4.81. The molecule has 2 aromatic rings. The van der Waals surface area contributed by atoms with Crippen LogP contribution in [0.1, 0.15) is 36.6 Å². The van der Waals surface area contributed by atoms with Crippen molar-refractivity contribution in [2.75, 3.05) is 13.1 Å². The van der Waals surface area contributed by atoms with Gasteiger partial charge in [0, 0.05) is 42.3 Å². The Bertz CT molecular complexity index is 855. The Hall–Kier alpha value is -2.22. The number of aliphatic imine (C=N–C) groups is 1. The van der Waals surface area contributed by atoms with Crippen LogP contribution < -0.4 is 10.6 Å². The van der Waals surface area contributed by atoms with E-state index in [9.17, 15) is 13.2 Å². The number of aromatic nitrogens is 2. The molecule has 0 aliphatic heterocycles. The lowest BCUT2D eigenvalue weighted by molar-refractivity contribution is -0.142. The molecule has 1 saturated carbocycles. The summed E-state index contributed by atoms with van der Waals surface area (Å²) in [6.45, 7) is 3.04. The normalized spacial score (nSPS) is 16.1. The topological polar surface area (TPSA) is 54.2 Å². The van der Waals surface area contributed by atoms with Gasteiger partial charge in [-0.05, 0) is 37.5 Å². The van der Waals surface area contributed by atoms with Crippen molar-refractivity contribution in [1.82, 2.24) is 20.4 Å². The molecule has 28 heavy (non-hydrogen) atoms. The van der Waals surface area contributed by atoms with E-state index >= 15 is 0 Å². The minimum atomic E-state index is -4.50. The summed E-state index contributed by atoms with van der Waals surface area (Å²) in [7, 11) is 1.47. The molecule has 3 rings (SSSR count). The van der Waals surface area contributed by atoms with Crippen LogP contribution in [-0.2, 0) is 25.2 Å². The molecule has 0 bridgehead atoms. The molecule has 1 fully saturated rings. The molecule has 1 aliphatic rings. The molecule has 0 atom stereocenters. The molecule has 1 aromatic carbocycles. The van der Waals surface area contributed by atoms with Crippen molar-refractivity contribution in [3.63, 3.8) is 0 Å². The maximum absolute atomic E-state index is 13.1. The second kappa shape index (κ2) is 8.03. The Morgan fingerprint density at radius 2 is 2.07 bits per heavy atom. The molecule has 9 heteroatoms. The van der Waals surface area contributed by atoms with E-state index in [2.05, 4.69) is 26.8 Å². The summed E-state index contributed by atoms with van der Waals surface area (Å²) in [6.07, 6.45) is -1.09. The minimum Gasteiger partial charge on any atom is -0.357 e. The highest BCUT2D eigenvalue weighted by Gasteiger charge is 2.44. The van der Waals surface area contributed by atoms with Gasteiger partial charge < -0.3 is 10.6 Å². The van der Waals surface area contributed by atoms with Gasteiger partial charge in [0.15, 0.2) is 11.7 Å². The van der Waals surface area contributed by atoms with Crippen LogP contribution in [0.15, 0.2) is 35.5 Å². The van der Waals surface area contributed by atoms with Gasteiger partial charge >= 0.3 is 6.18 Å². The second-order valence-electron chi connectivity index (χ2n) is 7.01. The highest BCUT2D eigenvalue weighted by Crippen LogP contribution is 2.48. The molecular weight excluding hydrogens is 391 g/mol. The van der Waals surface area contributed by atoms with Crippen LogP contribution in [0, 0.1) is 0 Å². The summed E-state index contributed by atoms with van der Waals surface area (Å²) >= 11 is 6.11. The van der Waals surface area contributed by atoms with Gasteiger partial charge in [-0.3, -0.25) is 4.68 Å². The monoisotopic (exact) mass is 413 g/mol. The fourth-order valence-corrected chi connectivity index (χ4v) is 3.38. The number of hydrogen-bond donors (Lipinski definition) is 2. The number of aryl methyl sites for hydroxylation is 1. The molecule has 1 aliphatic carbocycles. The van der Waals surface area contributed by atoms with Gasteiger partial charge in [0.25, 0.3) is 0 Å². The summed E-state index contributed by atoms with van der Waals surface area (Å²) < 4.78 is 40.5. The van der Waals surface area contributed by atoms with Crippen LogP contribution in [0.2, 0.25) is 5.02 Å². The SMILES string of the molecule is CCNC(=NCc1cn(C)nc1C(F)(F)F)NCC1(c2cccc(Cl)c2)CC1. The Kier molecular flexibility index (Phi) is 5.88. The Morgan fingerprint density at radius 1 is 1.32 bits per heavy atom. The Morgan fingerprint density at radius 3 is 2.68 bits per heavy atom. The highest BCUT2D eigenvalue weighted by molar-refractivity contribution is 6.30. The highest BCUT2D eigenvalue weighted by atomic mass is 35.5. The fourth-order valence-electron chi connectivity index (χ4n) is 3.19. The van der Waals surface area contributed by atoms with Crippen molar-refractivity contribution in [2.45, 2.75) is 37.9 Å². The van der Waals surface area contributed by atoms with Gasteiger partial charge in [-0.2, -0.15) is 18.3 Å². The van der Waals surface area contributed by atoms with E-state index in [1.165, 1.54) is 13.2 Å². The van der Waals surface area contributed by atoms with Gasteiger partial charge in [-0.15, -0.1) is 0 Å². The maximum Gasteiger partial charge on any atom is 0.435 e. The summed E-state index contributed by atoms with van der Waals surface area (Å²) in [5.74, 6) is 0.479. The number of alkyl halides is 3. The van der Waals surface area contributed by atoms with E-state index in [0.717, 1.165) is 23.1 Å². The van der Waals surface area contributed by atoms with Crippen LogP contribution in [0.5, 0.6) is 0 Å². The predicted molar refractivity (Wildman–Crippen MR) is 103 cm³/mol. The van der Waals surface area contributed by atoms with E-state index in [1.54, 1.807) is 0 Å². The standard InChI is InChI=1S/C19H23ClF3N5/c1-3-24-17(25-10-13-11-28(2)27-16(13)19(21,22)23)26-12-18(7-8-18)14-5-4-6-15(20)9-14/h4-6,9,11H,3,7-8,10,12H2,1-2H3,(H2,24,25,26). The number of hydrogen-bond acceptors (Lipinski definition) is 2. The van der Waals surface area contributed by atoms with Crippen molar-refractivity contribution >= 4 is 17.6 Å². The first kappa shape index (κ1) is 20.5. The van der Waals surface area contributed by atoms with Crippen molar-refractivity contribution in [3.8, 4) is 0 Å². The van der Waals surface area contributed by atoms with Crippen molar-refractivity contribution in [2.24, 2.45) is 12.0 Å². The van der Waals surface area contributed by atoms with E-state index < -0.39 is 11.9 Å². The van der Waals surface area contributed by atoms with Gasteiger partial charge in [-0.1, -0.05) is 23.7 Å². The molecule has 2 N–H and O–H groups in total. The summed E-state index contributed by atoms with van der Waals surface area (Å²) in [5.41, 5.74) is 0.303. The van der Waals surface area contributed by atoms with Crippen LogP contribution in [-0.4, -0.2) is 28.8 Å². The average molecular weight is 414 g/mol. The van der Waals surface area contributed by atoms with Gasteiger partial charge in [0.1, 0.15) is 0 Å². The lowest BCUT2D eigenvalue weighted by Gasteiger charge is -2.19. The van der Waals surface area contributed by atoms with E-state index in [1.807, 2.05) is 25.1 Å². The van der Waals surface area contributed by atoms with Gasteiger partial charge in [-0.25, -0.2) is 4.99 Å². The lowest BCUT2D eigenvalue weighted by atomic mass is 9.96. The van der Waals surface area contributed by atoms with E-state index in [4.69, 9.17) is 11.6 Å². The Balaban J connectivity index is 1.71. The fraction of sp³-hybridized carbons (Fsp3) is 0.474. The minimum absolute atomic E-state index is 0.00742. The van der Waals surface area contributed by atoms with Crippen molar-refractivity contribution < 1.29 is 13.2 Å². The third-order valence-corrected chi connectivity index (χ3v) is 5.04. The van der Waals surface area contributed by atoms with E-state index in [-0.39, 0.29) is 17.5 Å². The molecule has 0 saturated heterocycles. The molecule has 1 aromatic heterocycles. The zero-order chi connectivity index (χ0) is 20.4. The number of halogens is 4. The Labute approximate surface area is 167 Å². The molecule has 5 nitrogen and oxygen atoms in total. The zero-order valence-corrected chi connectivity index (χ0v) is 16.5. The average Bonchev–Trinajstić information content (AvgIpc) is 3.32. The number of nitrogens with one attached hydrogen (secondary N) is 2. The maximum atomic E-state index is 13.1. The molecule has 0 spiro atoms. The largest absolute Gasteiger partial charge is 0.435 e. The summed E-state index contributed by atoms with van der Waals surface area (Å²) in [5, 5.41) is 10.6.